The van der Waals surface area contributed by atoms with Gasteiger partial charge in [-0.1, -0.05) is 24.3 Å². The first-order valence-electron chi connectivity index (χ1n) is 4.88. The Bertz CT molecular complexity index is 544. The Morgan fingerprint density at radius 1 is 1.12 bits per heavy atom. The van der Waals surface area contributed by atoms with Gasteiger partial charge in [0.1, 0.15) is 5.82 Å². The number of benzene rings is 1. The molecule has 0 aliphatic rings. The second kappa shape index (κ2) is 4.54. The second-order valence-corrected chi connectivity index (χ2v) is 3.31. The van der Waals surface area contributed by atoms with E-state index in [1.54, 1.807) is 36.5 Å². The van der Waals surface area contributed by atoms with Crippen LogP contribution in [-0.4, -0.2) is 4.98 Å². The summed E-state index contributed by atoms with van der Waals surface area (Å²) in [5.74, 6) is -0.297. The van der Waals surface area contributed by atoms with Gasteiger partial charge in [0.2, 0.25) is 0 Å². The standard InChI is InChI=1S/C13H9FN2/c14-12-6-2-1-4-10(12)11-5-3-9-16-13(11)7-8-15/h1-6,9H,7H2. The monoisotopic (exact) mass is 212 g/mol. The first-order valence-corrected chi connectivity index (χ1v) is 4.88. The molecule has 0 amide bonds. The predicted octanol–water partition coefficient (Wildman–Crippen LogP) is 2.95. The zero-order valence-electron chi connectivity index (χ0n) is 8.52. The Balaban J connectivity index is 2.57. The summed E-state index contributed by atoms with van der Waals surface area (Å²) in [5, 5.41) is 8.68. The van der Waals surface area contributed by atoms with Gasteiger partial charge in [0, 0.05) is 17.3 Å². The van der Waals surface area contributed by atoms with E-state index in [4.69, 9.17) is 5.26 Å². The van der Waals surface area contributed by atoms with Gasteiger partial charge >= 0.3 is 0 Å². The van der Waals surface area contributed by atoms with E-state index in [9.17, 15) is 4.39 Å². The van der Waals surface area contributed by atoms with Crippen molar-refractivity contribution in [2.45, 2.75) is 6.42 Å². The Labute approximate surface area is 93.0 Å². The van der Waals surface area contributed by atoms with Crippen molar-refractivity contribution >= 4 is 0 Å². The highest BCUT2D eigenvalue weighted by Crippen LogP contribution is 2.24. The van der Waals surface area contributed by atoms with Crippen molar-refractivity contribution in [3.8, 4) is 17.2 Å². The SMILES string of the molecule is N#CCc1ncccc1-c1ccccc1F. The summed E-state index contributed by atoms with van der Waals surface area (Å²) in [5.41, 5.74) is 1.78. The normalized spacial score (nSPS) is 9.75. The van der Waals surface area contributed by atoms with E-state index in [-0.39, 0.29) is 12.2 Å². The van der Waals surface area contributed by atoms with E-state index in [1.807, 2.05) is 6.07 Å². The molecule has 0 aliphatic carbocycles. The summed E-state index contributed by atoms with van der Waals surface area (Å²) in [7, 11) is 0. The van der Waals surface area contributed by atoms with Crippen LogP contribution in [0.25, 0.3) is 11.1 Å². The molecule has 1 aromatic heterocycles. The number of hydrogen-bond donors (Lipinski definition) is 0. The van der Waals surface area contributed by atoms with E-state index in [0.29, 0.717) is 16.8 Å². The molecule has 16 heavy (non-hydrogen) atoms. The number of halogens is 1. The average Bonchev–Trinajstić information content (AvgIpc) is 2.31. The van der Waals surface area contributed by atoms with Gasteiger partial charge in [-0.25, -0.2) is 4.39 Å². The smallest absolute Gasteiger partial charge is 0.131 e. The number of hydrogen-bond acceptors (Lipinski definition) is 2. The van der Waals surface area contributed by atoms with Gasteiger partial charge in [-0.2, -0.15) is 5.26 Å². The van der Waals surface area contributed by atoms with Crippen molar-refractivity contribution in [1.82, 2.24) is 4.98 Å². The predicted molar refractivity (Wildman–Crippen MR) is 58.9 cm³/mol. The maximum absolute atomic E-state index is 13.6. The fourth-order valence-corrected chi connectivity index (χ4v) is 1.58. The molecule has 3 heteroatoms. The molecular formula is C13H9FN2. The molecule has 0 bridgehead atoms. The van der Waals surface area contributed by atoms with Gasteiger partial charge in [-0.3, -0.25) is 4.98 Å². The number of pyridine rings is 1. The van der Waals surface area contributed by atoms with Crippen LogP contribution in [-0.2, 0) is 6.42 Å². The van der Waals surface area contributed by atoms with Crippen LogP contribution >= 0.6 is 0 Å². The molecule has 1 heterocycles. The van der Waals surface area contributed by atoms with Crippen LogP contribution in [0.5, 0.6) is 0 Å². The molecule has 0 aliphatic heterocycles. The maximum atomic E-state index is 13.6. The molecule has 0 unspecified atom stereocenters. The van der Waals surface area contributed by atoms with Gasteiger partial charge in [0.05, 0.1) is 18.2 Å². The Kier molecular flexibility index (Phi) is 2.93. The van der Waals surface area contributed by atoms with Crippen LogP contribution < -0.4 is 0 Å². The van der Waals surface area contributed by atoms with Crippen molar-refractivity contribution in [3.05, 3.63) is 54.1 Å². The quantitative estimate of drug-likeness (QED) is 0.767. The van der Waals surface area contributed by atoms with E-state index < -0.39 is 0 Å². The van der Waals surface area contributed by atoms with Crippen LogP contribution in [0.4, 0.5) is 4.39 Å². The first-order chi connectivity index (χ1) is 7.83. The molecule has 0 saturated carbocycles. The van der Waals surface area contributed by atoms with Crippen molar-refractivity contribution in [1.29, 1.82) is 5.26 Å². The summed E-state index contributed by atoms with van der Waals surface area (Å²) >= 11 is 0. The van der Waals surface area contributed by atoms with Crippen LogP contribution in [0.15, 0.2) is 42.6 Å². The summed E-state index contributed by atoms with van der Waals surface area (Å²) in [4.78, 5) is 4.10. The minimum Gasteiger partial charge on any atom is -0.260 e. The fraction of sp³-hybridized carbons (Fsp3) is 0.0769. The number of nitriles is 1. The fourth-order valence-electron chi connectivity index (χ4n) is 1.58. The third-order valence-corrected chi connectivity index (χ3v) is 2.30. The van der Waals surface area contributed by atoms with Crippen LogP contribution in [0, 0.1) is 17.1 Å². The third kappa shape index (κ3) is 1.91. The first kappa shape index (κ1) is 10.3. The number of rotatable bonds is 2. The van der Waals surface area contributed by atoms with E-state index in [1.165, 1.54) is 6.07 Å². The summed E-state index contributed by atoms with van der Waals surface area (Å²) < 4.78 is 13.6. The minimum absolute atomic E-state index is 0.185. The lowest BCUT2D eigenvalue weighted by molar-refractivity contribution is 0.631. The van der Waals surface area contributed by atoms with Crippen molar-refractivity contribution < 1.29 is 4.39 Å². The molecule has 0 radical (unpaired) electrons. The molecule has 1 aromatic carbocycles. The highest BCUT2D eigenvalue weighted by molar-refractivity contribution is 5.66. The maximum Gasteiger partial charge on any atom is 0.131 e. The van der Waals surface area contributed by atoms with Crippen molar-refractivity contribution in [2.24, 2.45) is 0 Å². The number of aromatic nitrogens is 1. The molecule has 2 nitrogen and oxygen atoms in total. The van der Waals surface area contributed by atoms with E-state index in [2.05, 4.69) is 4.98 Å². The molecule has 78 valence electrons. The molecule has 0 N–H and O–H groups in total. The minimum atomic E-state index is -0.297. The Hall–Kier alpha value is -2.21. The molecule has 0 fully saturated rings. The summed E-state index contributed by atoms with van der Waals surface area (Å²) in [6.07, 6.45) is 1.79. The van der Waals surface area contributed by atoms with Gasteiger partial charge in [-0.05, 0) is 12.1 Å². The lowest BCUT2D eigenvalue weighted by atomic mass is 10.0. The lowest BCUT2D eigenvalue weighted by Crippen LogP contribution is -1.94. The molecule has 2 rings (SSSR count). The zero-order valence-corrected chi connectivity index (χ0v) is 8.52. The zero-order chi connectivity index (χ0) is 11.4. The largest absolute Gasteiger partial charge is 0.260 e. The van der Waals surface area contributed by atoms with Gasteiger partial charge < -0.3 is 0 Å². The van der Waals surface area contributed by atoms with Gasteiger partial charge in [0.25, 0.3) is 0 Å². The van der Waals surface area contributed by atoms with E-state index >= 15 is 0 Å². The summed E-state index contributed by atoms with van der Waals surface area (Å²) in [6, 6.07) is 12.0. The van der Waals surface area contributed by atoms with Crippen molar-refractivity contribution in [2.75, 3.05) is 0 Å². The molecule has 0 saturated heterocycles. The van der Waals surface area contributed by atoms with Crippen LogP contribution in [0.1, 0.15) is 5.69 Å². The van der Waals surface area contributed by atoms with E-state index in [0.717, 1.165) is 0 Å². The number of nitrogens with zero attached hydrogens (tertiary/aromatic N) is 2. The molecule has 0 spiro atoms. The summed E-state index contributed by atoms with van der Waals surface area (Å²) in [6.45, 7) is 0. The Morgan fingerprint density at radius 3 is 2.62 bits per heavy atom. The van der Waals surface area contributed by atoms with Gasteiger partial charge in [0.15, 0.2) is 0 Å². The topological polar surface area (TPSA) is 36.7 Å². The van der Waals surface area contributed by atoms with Crippen molar-refractivity contribution in [3.63, 3.8) is 0 Å². The molecular weight excluding hydrogens is 203 g/mol. The molecule has 2 aromatic rings. The van der Waals surface area contributed by atoms with Crippen LogP contribution in [0.2, 0.25) is 0 Å². The molecule has 0 atom stereocenters. The second-order valence-electron chi connectivity index (χ2n) is 3.31. The highest BCUT2D eigenvalue weighted by atomic mass is 19.1. The highest BCUT2D eigenvalue weighted by Gasteiger charge is 2.09. The average molecular weight is 212 g/mol. The third-order valence-electron chi connectivity index (χ3n) is 2.30. The van der Waals surface area contributed by atoms with Gasteiger partial charge in [-0.15, -0.1) is 0 Å². The Morgan fingerprint density at radius 2 is 1.88 bits per heavy atom. The lowest BCUT2D eigenvalue weighted by Gasteiger charge is -2.06. The van der Waals surface area contributed by atoms with Crippen LogP contribution in [0.3, 0.4) is 0 Å².